The number of phenols is 1. The Morgan fingerprint density at radius 2 is 1.72 bits per heavy atom. The van der Waals surface area contributed by atoms with Crippen molar-refractivity contribution in [2.45, 2.75) is 19.1 Å². The van der Waals surface area contributed by atoms with Crippen LogP contribution in [0.2, 0.25) is 0 Å². The molecule has 0 spiro atoms. The van der Waals surface area contributed by atoms with Crippen molar-refractivity contribution >= 4 is 16.8 Å². The summed E-state index contributed by atoms with van der Waals surface area (Å²) in [6, 6.07) is 23.0. The van der Waals surface area contributed by atoms with Gasteiger partial charge >= 0.3 is 0 Å². The molecule has 1 aliphatic rings. The van der Waals surface area contributed by atoms with E-state index in [1.54, 1.807) is 18.2 Å². The number of fused-ring (bicyclic) bond motifs is 2. The largest absolute Gasteiger partial charge is 0.508 e. The van der Waals surface area contributed by atoms with Gasteiger partial charge in [-0.1, -0.05) is 48.5 Å². The predicted molar refractivity (Wildman–Crippen MR) is 113 cm³/mol. The summed E-state index contributed by atoms with van der Waals surface area (Å²) in [4.78, 5) is 16.0. The van der Waals surface area contributed by atoms with Crippen molar-refractivity contribution < 1.29 is 9.90 Å². The van der Waals surface area contributed by atoms with E-state index in [-0.39, 0.29) is 17.7 Å². The van der Waals surface area contributed by atoms with E-state index < -0.39 is 0 Å². The monoisotopic (exact) mass is 383 g/mol. The second-order valence-electron chi connectivity index (χ2n) is 7.33. The van der Waals surface area contributed by atoms with E-state index in [1.165, 1.54) is 5.56 Å². The number of phenolic OH excluding ortho intramolecular Hbond substituents is 1. The summed E-state index contributed by atoms with van der Waals surface area (Å²) in [5.74, 6) is 0.0484. The lowest BCUT2D eigenvalue weighted by molar-refractivity contribution is 0.0960. The van der Waals surface area contributed by atoms with Crippen molar-refractivity contribution in [1.82, 2.24) is 15.6 Å². The molecule has 5 nitrogen and oxygen atoms in total. The van der Waals surface area contributed by atoms with Crippen LogP contribution in [0.25, 0.3) is 10.9 Å². The lowest BCUT2D eigenvalue weighted by Crippen LogP contribution is -2.22. The maximum Gasteiger partial charge on any atom is 0.252 e. The van der Waals surface area contributed by atoms with E-state index in [1.807, 2.05) is 36.4 Å². The Hall–Kier alpha value is -3.57. The number of hydrogen-bond acceptors (Lipinski definition) is 3. The zero-order valence-corrected chi connectivity index (χ0v) is 15.8. The molecule has 0 bridgehead atoms. The van der Waals surface area contributed by atoms with Gasteiger partial charge in [0.05, 0.1) is 6.04 Å². The number of aromatic hydroxyl groups is 1. The van der Waals surface area contributed by atoms with Gasteiger partial charge in [0.25, 0.3) is 5.91 Å². The van der Waals surface area contributed by atoms with Gasteiger partial charge in [0.2, 0.25) is 0 Å². The number of benzene rings is 3. The number of aromatic amines is 1. The zero-order chi connectivity index (χ0) is 19.8. The van der Waals surface area contributed by atoms with Gasteiger partial charge in [-0.05, 0) is 35.4 Å². The van der Waals surface area contributed by atoms with E-state index in [4.69, 9.17) is 0 Å². The summed E-state index contributed by atoms with van der Waals surface area (Å²) in [6.45, 7) is 1.39. The number of aromatic nitrogens is 1. The van der Waals surface area contributed by atoms with Crippen LogP contribution in [-0.4, -0.2) is 16.0 Å². The van der Waals surface area contributed by atoms with Crippen LogP contribution in [0.4, 0.5) is 0 Å². The molecule has 2 heterocycles. The highest BCUT2D eigenvalue weighted by molar-refractivity contribution is 6.01. The number of nitrogens with one attached hydrogen (secondary N) is 3. The average molecular weight is 383 g/mol. The highest BCUT2D eigenvalue weighted by atomic mass is 16.3. The zero-order valence-electron chi connectivity index (χ0n) is 15.8. The van der Waals surface area contributed by atoms with Gasteiger partial charge in [-0.3, -0.25) is 4.79 Å². The Balaban J connectivity index is 1.53. The number of amides is 1. The molecule has 5 heteroatoms. The molecule has 5 rings (SSSR count). The summed E-state index contributed by atoms with van der Waals surface area (Å²) in [5, 5.41) is 17.7. The van der Waals surface area contributed by atoms with E-state index in [9.17, 15) is 9.90 Å². The Morgan fingerprint density at radius 3 is 2.59 bits per heavy atom. The van der Waals surface area contributed by atoms with Gasteiger partial charge < -0.3 is 20.7 Å². The fourth-order valence-corrected chi connectivity index (χ4v) is 4.13. The second kappa shape index (κ2) is 7.11. The lowest BCUT2D eigenvalue weighted by atomic mass is 9.95. The molecule has 0 fully saturated rings. The molecule has 144 valence electrons. The number of hydrogen-bond donors (Lipinski definition) is 4. The third-order valence-electron chi connectivity index (χ3n) is 5.46. The molecule has 4 aromatic rings. The van der Waals surface area contributed by atoms with E-state index in [2.05, 4.69) is 33.8 Å². The van der Waals surface area contributed by atoms with Crippen molar-refractivity contribution in [1.29, 1.82) is 0 Å². The number of rotatable bonds is 5. The lowest BCUT2D eigenvalue weighted by Gasteiger charge is -2.15. The summed E-state index contributed by atoms with van der Waals surface area (Å²) < 4.78 is 0. The van der Waals surface area contributed by atoms with Crippen molar-refractivity contribution in [3.63, 3.8) is 0 Å². The molecule has 0 aliphatic carbocycles. The first-order chi connectivity index (χ1) is 14.2. The molecule has 0 saturated heterocycles. The van der Waals surface area contributed by atoms with Gasteiger partial charge in [0, 0.05) is 40.8 Å². The Bertz CT molecular complexity index is 1200. The first kappa shape index (κ1) is 17.5. The number of para-hydroxylation sites is 1. The SMILES string of the molecule is O=C1N[C@@H](c2c(CNCc3ccccc3)[nH]c3ccccc23)c2cc(O)ccc21. The van der Waals surface area contributed by atoms with Gasteiger partial charge in [0.1, 0.15) is 5.75 Å². The molecule has 3 aromatic carbocycles. The maximum absolute atomic E-state index is 12.5. The van der Waals surface area contributed by atoms with Crippen LogP contribution < -0.4 is 10.6 Å². The smallest absolute Gasteiger partial charge is 0.252 e. The van der Waals surface area contributed by atoms with Crippen molar-refractivity contribution in [3.05, 3.63) is 101 Å². The van der Waals surface area contributed by atoms with Gasteiger partial charge in [-0.2, -0.15) is 0 Å². The molecule has 1 atom stereocenters. The Kier molecular flexibility index (Phi) is 4.30. The standard InChI is InChI=1S/C24H21N3O2/c28-16-10-11-17-19(12-16)23(27-24(17)29)22-18-8-4-5-9-20(18)26-21(22)14-25-13-15-6-2-1-3-7-15/h1-12,23,25-26,28H,13-14H2,(H,27,29)/t23-/m1/s1. The molecule has 0 unspecified atom stereocenters. The van der Waals surface area contributed by atoms with E-state index in [0.717, 1.165) is 34.3 Å². The highest BCUT2D eigenvalue weighted by Gasteiger charge is 2.33. The molecule has 0 saturated carbocycles. The minimum atomic E-state index is -0.297. The van der Waals surface area contributed by atoms with Crippen LogP contribution >= 0.6 is 0 Å². The van der Waals surface area contributed by atoms with Crippen LogP contribution in [-0.2, 0) is 13.1 Å². The normalized spacial score (nSPS) is 15.4. The third-order valence-corrected chi connectivity index (χ3v) is 5.46. The molecule has 4 N–H and O–H groups in total. The van der Waals surface area contributed by atoms with Crippen LogP contribution in [0.15, 0.2) is 72.8 Å². The summed E-state index contributed by atoms with van der Waals surface area (Å²) in [7, 11) is 0. The van der Waals surface area contributed by atoms with Crippen molar-refractivity contribution in [3.8, 4) is 5.75 Å². The fraction of sp³-hybridized carbons (Fsp3) is 0.125. The number of carbonyl (C=O) groups is 1. The first-order valence-electron chi connectivity index (χ1n) is 9.68. The number of carbonyl (C=O) groups excluding carboxylic acids is 1. The topological polar surface area (TPSA) is 77.2 Å². The van der Waals surface area contributed by atoms with Gasteiger partial charge in [-0.25, -0.2) is 0 Å². The minimum absolute atomic E-state index is 0.113. The summed E-state index contributed by atoms with van der Waals surface area (Å²) >= 11 is 0. The van der Waals surface area contributed by atoms with Crippen LogP contribution in [0, 0.1) is 0 Å². The summed E-state index contributed by atoms with van der Waals surface area (Å²) in [6.07, 6.45) is 0. The minimum Gasteiger partial charge on any atom is -0.508 e. The van der Waals surface area contributed by atoms with Crippen LogP contribution in [0.5, 0.6) is 5.75 Å². The molecular formula is C24H21N3O2. The van der Waals surface area contributed by atoms with E-state index >= 15 is 0 Å². The first-order valence-corrected chi connectivity index (χ1v) is 9.68. The quantitative estimate of drug-likeness (QED) is 0.421. The molecular weight excluding hydrogens is 362 g/mol. The molecule has 1 amide bonds. The Morgan fingerprint density at radius 1 is 0.931 bits per heavy atom. The summed E-state index contributed by atoms with van der Waals surface area (Å²) in [5.41, 5.74) is 5.74. The molecule has 1 aliphatic heterocycles. The molecule has 0 radical (unpaired) electrons. The molecule has 1 aromatic heterocycles. The maximum atomic E-state index is 12.5. The second-order valence-corrected chi connectivity index (χ2v) is 7.33. The third kappa shape index (κ3) is 3.15. The Labute approximate surface area is 168 Å². The van der Waals surface area contributed by atoms with Gasteiger partial charge in [0.15, 0.2) is 0 Å². The van der Waals surface area contributed by atoms with Crippen molar-refractivity contribution in [2.75, 3.05) is 0 Å². The van der Waals surface area contributed by atoms with E-state index in [0.29, 0.717) is 12.1 Å². The van der Waals surface area contributed by atoms with Crippen LogP contribution in [0.3, 0.4) is 0 Å². The average Bonchev–Trinajstić information content (AvgIpc) is 3.25. The van der Waals surface area contributed by atoms with Crippen LogP contribution in [0.1, 0.15) is 38.8 Å². The fourth-order valence-electron chi connectivity index (χ4n) is 4.13. The van der Waals surface area contributed by atoms with Gasteiger partial charge in [-0.15, -0.1) is 0 Å². The molecule has 29 heavy (non-hydrogen) atoms. The highest BCUT2D eigenvalue weighted by Crippen LogP contribution is 2.38. The number of H-pyrrole nitrogens is 1. The predicted octanol–water partition coefficient (Wildman–Crippen LogP) is 4.00. The van der Waals surface area contributed by atoms with Crippen molar-refractivity contribution in [2.24, 2.45) is 0 Å².